The quantitative estimate of drug-likeness (QED) is 0.818. The molecule has 0 spiro atoms. The number of nitrogens with zero attached hydrogens (tertiary/aromatic N) is 1. The van der Waals surface area contributed by atoms with E-state index in [2.05, 4.69) is 21.2 Å². The van der Waals surface area contributed by atoms with E-state index in [1.54, 1.807) is 7.05 Å². The van der Waals surface area contributed by atoms with Crippen molar-refractivity contribution in [3.63, 3.8) is 0 Å². The zero-order chi connectivity index (χ0) is 12.1. The molecule has 0 saturated carbocycles. The van der Waals surface area contributed by atoms with Crippen LogP contribution in [0, 0.1) is 0 Å². The summed E-state index contributed by atoms with van der Waals surface area (Å²) in [5.41, 5.74) is 7.49. The van der Waals surface area contributed by atoms with E-state index < -0.39 is 0 Å². The Morgan fingerprint density at radius 3 is 2.81 bits per heavy atom. The van der Waals surface area contributed by atoms with Gasteiger partial charge in [0.05, 0.1) is 6.54 Å². The van der Waals surface area contributed by atoms with E-state index in [1.165, 1.54) is 0 Å². The van der Waals surface area contributed by atoms with E-state index >= 15 is 0 Å². The number of nitrogens with two attached hydrogens (primary N) is 1. The maximum absolute atomic E-state index is 11.2. The van der Waals surface area contributed by atoms with Crippen LogP contribution in [0.1, 0.15) is 5.56 Å². The van der Waals surface area contributed by atoms with E-state index in [4.69, 9.17) is 5.73 Å². The SMILES string of the molecule is CNC(=O)CN(C)Cc1ccc(N)cc1Br. The van der Waals surface area contributed by atoms with Gasteiger partial charge in [-0.3, -0.25) is 9.69 Å². The average Bonchev–Trinajstić information content (AvgIpc) is 2.22. The number of rotatable bonds is 4. The predicted octanol–water partition coefficient (Wildman–Crippen LogP) is 1.21. The number of hydrogen-bond donors (Lipinski definition) is 2. The molecule has 0 heterocycles. The van der Waals surface area contributed by atoms with Crippen molar-refractivity contribution in [2.75, 3.05) is 26.4 Å². The molecular formula is C11H16BrN3O. The fraction of sp³-hybridized carbons (Fsp3) is 0.364. The van der Waals surface area contributed by atoms with Gasteiger partial charge in [-0.1, -0.05) is 22.0 Å². The minimum atomic E-state index is 0.00840. The molecule has 0 aliphatic carbocycles. The number of nitrogens with one attached hydrogen (secondary N) is 1. The standard InChI is InChI=1S/C11H16BrN3O/c1-14-11(16)7-15(2)6-8-3-4-9(13)5-10(8)12/h3-5H,6-7,13H2,1-2H3,(H,14,16). The molecule has 1 rings (SSSR count). The van der Waals surface area contributed by atoms with Crippen LogP contribution < -0.4 is 11.1 Å². The van der Waals surface area contributed by atoms with Crippen LogP contribution in [0.4, 0.5) is 5.69 Å². The van der Waals surface area contributed by atoms with Gasteiger partial charge in [-0.15, -0.1) is 0 Å². The van der Waals surface area contributed by atoms with E-state index in [0.29, 0.717) is 13.1 Å². The van der Waals surface area contributed by atoms with Crippen molar-refractivity contribution in [1.82, 2.24) is 10.2 Å². The van der Waals surface area contributed by atoms with Gasteiger partial charge in [0.15, 0.2) is 0 Å². The van der Waals surface area contributed by atoms with Crippen LogP contribution in [0.5, 0.6) is 0 Å². The van der Waals surface area contributed by atoms with Gasteiger partial charge < -0.3 is 11.1 Å². The maximum atomic E-state index is 11.2. The van der Waals surface area contributed by atoms with Crippen LogP contribution in [0.2, 0.25) is 0 Å². The zero-order valence-electron chi connectivity index (χ0n) is 9.46. The lowest BCUT2D eigenvalue weighted by atomic mass is 10.2. The van der Waals surface area contributed by atoms with Crippen molar-refractivity contribution in [2.24, 2.45) is 0 Å². The van der Waals surface area contributed by atoms with E-state index in [0.717, 1.165) is 15.7 Å². The Balaban J connectivity index is 2.62. The van der Waals surface area contributed by atoms with Crippen molar-refractivity contribution in [3.8, 4) is 0 Å². The number of nitrogen functional groups attached to an aromatic ring is 1. The molecule has 0 saturated heterocycles. The number of halogens is 1. The Bertz CT molecular complexity index is 381. The van der Waals surface area contributed by atoms with Crippen LogP contribution in [0.15, 0.2) is 22.7 Å². The van der Waals surface area contributed by atoms with E-state index in [9.17, 15) is 4.79 Å². The zero-order valence-corrected chi connectivity index (χ0v) is 11.0. The molecule has 0 aliphatic rings. The molecule has 1 amide bonds. The minimum absolute atomic E-state index is 0.00840. The summed E-state index contributed by atoms with van der Waals surface area (Å²) in [6.45, 7) is 1.08. The molecule has 0 aliphatic heterocycles. The molecule has 1 aromatic carbocycles. The fourth-order valence-electron chi connectivity index (χ4n) is 1.36. The second-order valence-electron chi connectivity index (χ2n) is 3.70. The first-order chi connectivity index (χ1) is 7.52. The number of carbonyl (C=O) groups is 1. The molecule has 0 atom stereocenters. The third kappa shape index (κ3) is 3.83. The molecule has 3 N–H and O–H groups in total. The molecule has 88 valence electrons. The molecule has 16 heavy (non-hydrogen) atoms. The normalized spacial score (nSPS) is 10.5. The summed E-state index contributed by atoms with van der Waals surface area (Å²) in [5, 5.41) is 2.59. The van der Waals surface area contributed by atoms with Crippen molar-refractivity contribution in [2.45, 2.75) is 6.54 Å². The molecule has 0 radical (unpaired) electrons. The van der Waals surface area contributed by atoms with E-state index in [1.807, 2.05) is 30.1 Å². The molecule has 5 heteroatoms. The largest absolute Gasteiger partial charge is 0.399 e. The van der Waals surface area contributed by atoms with Crippen molar-refractivity contribution in [1.29, 1.82) is 0 Å². The Morgan fingerprint density at radius 2 is 2.25 bits per heavy atom. The molecule has 1 aromatic rings. The lowest BCUT2D eigenvalue weighted by Gasteiger charge is -2.16. The number of hydrogen-bond acceptors (Lipinski definition) is 3. The Morgan fingerprint density at radius 1 is 1.56 bits per heavy atom. The van der Waals surface area contributed by atoms with Gasteiger partial charge in [-0.25, -0.2) is 0 Å². The minimum Gasteiger partial charge on any atom is -0.399 e. The van der Waals surface area contributed by atoms with Crippen LogP contribution in [-0.2, 0) is 11.3 Å². The molecule has 0 fully saturated rings. The summed E-state index contributed by atoms with van der Waals surface area (Å²) in [6.07, 6.45) is 0. The third-order valence-corrected chi connectivity index (χ3v) is 2.95. The first-order valence-corrected chi connectivity index (χ1v) is 5.75. The Kier molecular flexibility index (Phi) is 4.76. The second kappa shape index (κ2) is 5.86. The van der Waals surface area contributed by atoms with Crippen molar-refractivity contribution in [3.05, 3.63) is 28.2 Å². The van der Waals surface area contributed by atoms with Gasteiger partial charge in [0.2, 0.25) is 5.91 Å². The second-order valence-corrected chi connectivity index (χ2v) is 4.55. The lowest BCUT2D eigenvalue weighted by Crippen LogP contribution is -2.32. The van der Waals surface area contributed by atoms with Crippen LogP contribution in [-0.4, -0.2) is 31.4 Å². The highest BCUT2D eigenvalue weighted by molar-refractivity contribution is 9.10. The highest BCUT2D eigenvalue weighted by atomic mass is 79.9. The van der Waals surface area contributed by atoms with Gasteiger partial charge in [0.1, 0.15) is 0 Å². The molecule has 4 nitrogen and oxygen atoms in total. The van der Waals surface area contributed by atoms with Gasteiger partial charge in [0.25, 0.3) is 0 Å². The summed E-state index contributed by atoms with van der Waals surface area (Å²) in [4.78, 5) is 13.1. The summed E-state index contributed by atoms with van der Waals surface area (Å²) >= 11 is 3.45. The maximum Gasteiger partial charge on any atom is 0.233 e. The smallest absolute Gasteiger partial charge is 0.233 e. The van der Waals surface area contributed by atoms with Crippen LogP contribution >= 0.6 is 15.9 Å². The summed E-state index contributed by atoms with van der Waals surface area (Å²) in [6, 6.07) is 5.68. The van der Waals surface area contributed by atoms with Crippen molar-refractivity contribution < 1.29 is 4.79 Å². The van der Waals surface area contributed by atoms with Crippen molar-refractivity contribution >= 4 is 27.5 Å². The average molecular weight is 286 g/mol. The third-order valence-electron chi connectivity index (χ3n) is 2.21. The molecule has 0 unspecified atom stereocenters. The Hall–Kier alpha value is -1.07. The lowest BCUT2D eigenvalue weighted by molar-refractivity contribution is -0.121. The monoisotopic (exact) mass is 285 g/mol. The summed E-state index contributed by atoms with van der Waals surface area (Å²) < 4.78 is 0.969. The first kappa shape index (κ1) is 13.0. The molecule has 0 bridgehead atoms. The van der Waals surface area contributed by atoms with Crippen LogP contribution in [0.3, 0.4) is 0 Å². The number of anilines is 1. The van der Waals surface area contributed by atoms with Crippen LogP contribution in [0.25, 0.3) is 0 Å². The molecular weight excluding hydrogens is 270 g/mol. The topological polar surface area (TPSA) is 58.4 Å². The van der Waals surface area contributed by atoms with Gasteiger partial charge in [-0.05, 0) is 24.7 Å². The predicted molar refractivity (Wildman–Crippen MR) is 69.0 cm³/mol. The van der Waals surface area contributed by atoms with E-state index in [-0.39, 0.29) is 5.91 Å². The Labute approximate surface area is 104 Å². The number of benzene rings is 1. The summed E-state index contributed by atoms with van der Waals surface area (Å²) in [7, 11) is 3.54. The highest BCUT2D eigenvalue weighted by Gasteiger charge is 2.07. The summed E-state index contributed by atoms with van der Waals surface area (Å²) in [5.74, 6) is 0.00840. The van der Waals surface area contributed by atoms with Gasteiger partial charge in [0, 0.05) is 23.8 Å². The fourth-order valence-corrected chi connectivity index (χ4v) is 1.88. The van der Waals surface area contributed by atoms with Gasteiger partial charge >= 0.3 is 0 Å². The number of likely N-dealkylation sites (N-methyl/N-ethyl adjacent to an activating group) is 2. The van der Waals surface area contributed by atoms with Gasteiger partial charge in [-0.2, -0.15) is 0 Å². The number of carbonyl (C=O) groups excluding carboxylic acids is 1. The number of amides is 1. The highest BCUT2D eigenvalue weighted by Crippen LogP contribution is 2.20. The first-order valence-electron chi connectivity index (χ1n) is 4.96. The molecule has 0 aromatic heterocycles.